The lowest BCUT2D eigenvalue weighted by atomic mass is 9.80. The summed E-state index contributed by atoms with van der Waals surface area (Å²) in [6.45, 7) is 0. The summed E-state index contributed by atoms with van der Waals surface area (Å²) >= 11 is 0. The average molecular weight is 665 g/mol. The van der Waals surface area contributed by atoms with E-state index in [-0.39, 0.29) is 11.8 Å². The lowest BCUT2D eigenvalue weighted by Crippen LogP contribution is -2.08. The molecule has 52 heavy (non-hydrogen) atoms. The molecule has 9 rings (SSSR count). The molecule has 0 radical (unpaired) electrons. The molecule has 0 saturated carbocycles. The molecular weight excluding hydrogens is 629 g/mol. The molecule has 0 aliphatic heterocycles. The molecule has 0 bridgehead atoms. The highest BCUT2D eigenvalue weighted by atomic mass is 14.8. The van der Waals surface area contributed by atoms with Crippen molar-refractivity contribution in [2.75, 3.05) is 0 Å². The van der Waals surface area contributed by atoms with E-state index in [0.29, 0.717) is 0 Å². The van der Waals surface area contributed by atoms with Gasteiger partial charge in [0.2, 0.25) is 0 Å². The minimum atomic E-state index is -0.00261. The van der Waals surface area contributed by atoms with Crippen molar-refractivity contribution in [2.24, 2.45) is 0 Å². The summed E-state index contributed by atoms with van der Waals surface area (Å²) in [5.41, 5.74) is 13.0. The predicted octanol–water partition coefficient (Wildman–Crippen LogP) is 12.5. The molecule has 0 saturated heterocycles. The van der Waals surface area contributed by atoms with Crippen LogP contribution in [0.3, 0.4) is 0 Å². The summed E-state index contributed by atoms with van der Waals surface area (Å²) < 4.78 is 0. The van der Waals surface area contributed by atoms with Crippen LogP contribution in [0.2, 0.25) is 0 Å². The van der Waals surface area contributed by atoms with Crippen LogP contribution in [0.5, 0.6) is 0 Å². The minimum Gasteiger partial charge on any atom is -0.244 e. The van der Waals surface area contributed by atoms with Crippen LogP contribution in [-0.4, -0.2) is 9.97 Å². The first kappa shape index (κ1) is 31.3. The van der Waals surface area contributed by atoms with Crippen LogP contribution in [0.1, 0.15) is 45.2 Å². The Morgan fingerprint density at radius 2 is 0.577 bits per heavy atom. The van der Waals surface area contributed by atoms with E-state index in [1.165, 1.54) is 33.4 Å². The minimum absolute atomic E-state index is 0.00261. The fourth-order valence-electron chi connectivity index (χ4n) is 7.73. The van der Waals surface area contributed by atoms with Crippen LogP contribution in [0.4, 0.5) is 0 Å². The fraction of sp³-hybridized carbons (Fsp3) is 0.0400. The van der Waals surface area contributed by atoms with Gasteiger partial charge in [-0.25, -0.2) is 9.97 Å². The maximum absolute atomic E-state index is 5.59. The third-order valence-corrected chi connectivity index (χ3v) is 10.1. The first-order valence-electron chi connectivity index (χ1n) is 17.9. The van der Waals surface area contributed by atoms with Crippen LogP contribution in [-0.2, 0) is 0 Å². The molecule has 246 valence electrons. The lowest BCUT2D eigenvalue weighted by molar-refractivity contribution is 0.974. The molecule has 0 spiro atoms. The highest BCUT2D eigenvalue weighted by molar-refractivity contribution is 5.97. The van der Waals surface area contributed by atoms with E-state index in [0.717, 1.165) is 44.3 Å². The van der Waals surface area contributed by atoms with Crippen molar-refractivity contribution in [3.8, 4) is 22.5 Å². The van der Waals surface area contributed by atoms with Gasteiger partial charge in [0.15, 0.2) is 0 Å². The van der Waals surface area contributed by atoms with Crippen molar-refractivity contribution in [3.63, 3.8) is 0 Å². The monoisotopic (exact) mass is 664 g/mol. The Morgan fingerprint density at radius 3 is 0.923 bits per heavy atom. The van der Waals surface area contributed by atoms with Gasteiger partial charge in [-0.1, -0.05) is 194 Å². The zero-order valence-corrected chi connectivity index (χ0v) is 28.7. The zero-order valence-electron chi connectivity index (χ0n) is 28.7. The van der Waals surface area contributed by atoms with Gasteiger partial charge in [0.05, 0.1) is 22.4 Å². The fourth-order valence-corrected chi connectivity index (χ4v) is 7.73. The summed E-state index contributed by atoms with van der Waals surface area (Å²) in [6, 6.07) is 73.6. The van der Waals surface area contributed by atoms with Gasteiger partial charge >= 0.3 is 0 Å². The van der Waals surface area contributed by atoms with E-state index < -0.39 is 0 Å². The Hall–Kier alpha value is -6.64. The second-order valence-corrected chi connectivity index (χ2v) is 13.3. The van der Waals surface area contributed by atoms with Gasteiger partial charge in [-0.15, -0.1) is 0 Å². The van der Waals surface area contributed by atoms with Crippen LogP contribution < -0.4 is 0 Å². The summed E-state index contributed by atoms with van der Waals surface area (Å²) in [5.74, 6) is -0.00522. The van der Waals surface area contributed by atoms with Crippen molar-refractivity contribution < 1.29 is 0 Å². The normalized spacial score (nSPS) is 11.4. The molecular formula is C50H36N2. The van der Waals surface area contributed by atoms with Crippen LogP contribution in [0.25, 0.3) is 44.3 Å². The highest BCUT2D eigenvalue weighted by Crippen LogP contribution is 2.44. The van der Waals surface area contributed by atoms with Crippen LogP contribution in [0.15, 0.2) is 206 Å². The zero-order chi connectivity index (χ0) is 34.7. The van der Waals surface area contributed by atoms with Gasteiger partial charge in [0.1, 0.15) is 0 Å². The third-order valence-electron chi connectivity index (χ3n) is 10.1. The quantitative estimate of drug-likeness (QED) is 0.119. The number of fused-ring (bicyclic) bond motifs is 2. The molecule has 0 aliphatic rings. The number of rotatable bonds is 8. The Morgan fingerprint density at radius 1 is 0.288 bits per heavy atom. The topological polar surface area (TPSA) is 25.8 Å². The predicted molar refractivity (Wildman–Crippen MR) is 216 cm³/mol. The van der Waals surface area contributed by atoms with E-state index in [4.69, 9.17) is 9.97 Å². The van der Waals surface area contributed by atoms with E-state index in [1.807, 2.05) is 0 Å². The van der Waals surface area contributed by atoms with E-state index in [2.05, 4.69) is 206 Å². The molecule has 1 aromatic heterocycles. The maximum atomic E-state index is 5.59. The van der Waals surface area contributed by atoms with Crippen molar-refractivity contribution >= 4 is 21.8 Å². The first-order valence-corrected chi connectivity index (χ1v) is 17.9. The SMILES string of the molecule is c1ccc(C(c2ccccc2)c2ccccc2-c2nc3cc4ccccc4cc3nc2-c2ccccc2C(c2ccccc2)c2ccccc2)cc1. The van der Waals surface area contributed by atoms with Crippen LogP contribution in [0, 0.1) is 0 Å². The highest BCUT2D eigenvalue weighted by Gasteiger charge is 2.27. The molecule has 8 aromatic carbocycles. The number of hydrogen-bond donors (Lipinski definition) is 0. The maximum Gasteiger partial charge on any atom is 0.0976 e. The van der Waals surface area contributed by atoms with Gasteiger partial charge < -0.3 is 0 Å². The van der Waals surface area contributed by atoms with Gasteiger partial charge in [0.25, 0.3) is 0 Å². The molecule has 9 aromatic rings. The second kappa shape index (κ2) is 13.9. The Labute approximate surface area is 304 Å². The summed E-state index contributed by atoms with van der Waals surface area (Å²) in [6.07, 6.45) is 0. The molecule has 0 unspecified atom stereocenters. The average Bonchev–Trinajstić information content (AvgIpc) is 3.22. The largest absolute Gasteiger partial charge is 0.244 e. The molecule has 0 fully saturated rings. The van der Waals surface area contributed by atoms with E-state index in [9.17, 15) is 0 Å². The summed E-state index contributed by atoms with van der Waals surface area (Å²) in [4.78, 5) is 11.2. The van der Waals surface area contributed by atoms with Crippen molar-refractivity contribution in [1.29, 1.82) is 0 Å². The lowest BCUT2D eigenvalue weighted by Gasteiger charge is -2.25. The number of hydrogen-bond acceptors (Lipinski definition) is 2. The van der Waals surface area contributed by atoms with E-state index in [1.54, 1.807) is 0 Å². The molecule has 0 N–H and O–H groups in total. The molecule has 2 nitrogen and oxygen atoms in total. The molecule has 0 aliphatic carbocycles. The van der Waals surface area contributed by atoms with Gasteiger partial charge in [-0.3, -0.25) is 0 Å². The summed E-state index contributed by atoms with van der Waals surface area (Å²) in [7, 11) is 0. The van der Waals surface area contributed by atoms with Crippen molar-refractivity contribution in [1.82, 2.24) is 9.97 Å². The van der Waals surface area contributed by atoms with Crippen LogP contribution >= 0.6 is 0 Å². The van der Waals surface area contributed by atoms with Gasteiger partial charge in [-0.05, 0) is 56.3 Å². The smallest absolute Gasteiger partial charge is 0.0976 e. The Bertz CT molecular complexity index is 2350. The molecule has 0 amide bonds. The molecule has 2 heteroatoms. The number of benzene rings is 8. The summed E-state index contributed by atoms with van der Waals surface area (Å²) in [5, 5.41) is 2.30. The van der Waals surface area contributed by atoms with Crippen molar-refractivity contribution in [3.05, 3.63) is 240 Å². The second-order valence-electron chi connectivity index (χ2n) is 13.3. The number of nitrogens with zero attached hydrogens (tertiary/aromatic N) is 2. The van der Waals surface area contributed by atoms with Gasteiger partial charge in [0, 0.05) is 23.0 Å². The number of aromatic nitrogens is 2. The molecule has 1 heterocycles. The standard InChI is InChI=1S/C50H36N2/c1-5-19-35(20-6-1)47(36-21-7-2-8-22-36)41-29-15-17-31-43(41)49-50(52-46-34-40-28-14-13-27-39(40)33-45(46)51-49)44-32-18-16-30-42(44)48(37-23-9-3-10-24-37)38-25-11-4-12-26-38/h1-34,47-48H. The third kappa shape index (κ3) is 5.95. The Kier molecular flexibility index (Phi) is 8.40. The van der Waals surface area contributed by atoms with Crippen molar-refractivity contribution in [2.45, 2.75) is 11.8 Å². The van der Waals surface area contributed by atoms with Gasteiger partial charge in [-0.2, -0.15) is 0 Å². The molecule has 0 atom stereocenters. The van der Waals surface area contributed by atoms with E-state index >= 15 is 0 Å². The Balaban J connectivity index is 1.35. The first-order chi connectivity index (χ1) is 25.8.